The Bertz CT molecular complexity index is 1330. The molecule has 258 valence electrons. The van der Waals surface area contributed by atoms with Crippen LogP contribution >= 0.6 is 12.4 Å². The zero-order chi connectivity index (χ0) is 31.6. The molecule has 14 nitrogen and oxygen atoms in total. The molecule has 8 atom stereocenters. The summed E-state index contributed by atoms with van der Waals surface area (Å²) in [6, 6.07) is 14.0. The van der Waals surface area contributed by atoms with Gasteiger partial charge in [0.2, 0.25) is 0 Å². The number of aliphatic hydroxyl groups is 3. The number of carboxylic acid groups (broad SMARTS) is 2. The van der Waals surface area contributed by atoms with Crippen LogP contribution in [0.15, 0.2) is 42.5 Å². The van der Waals surface area contributed by atoms with Gasteiger partial charge in [-0.2, -0.15) is 0 Å². The number of hydrogen-bond donors (Lipinski definition) is 6. The van der Waals surface area contributed by atoms with Crippen molar-refractivity contribution >= 4 is 30.1 Å². The fourth-order valence-electron chi connectivity index (χ4n) is 6.89. The molecule has 6 rings (SSSR count). The number of piperidine rings is 1. The van der Waals surface area contributed by atoms with Crippen molar-refractivity contribution in [2.45, 2.75) is 74.5 Å². The minimum absolute atomic E-state index is 0. The standard InChI is InChI=1S/C18H21NO3.C9H13NO.C4H6O6.ClH.2H2O/c1-19-8-7-18-11-4-5-13(20)17(18)22-16-14(21-2)6-3-10(15(16)18)9-12(11)19;1-7(10)9(11)8-5-3-2-4-6-8;5-1(3(7)8)2(6)4(9)10;;;/h3,6,11-12,17H,4-5,7-9H2,1-2H3;2-7,9,11H,10H2,1H3;1-2,5-6H,(H,7,8)(H,9,10);1H;2*1H2/t11-,12+,17-,18-;7-,9-;1-,2-;;;/m011.../s1. The summed E-state index contributed by atoms with van der Waals surface area (Å²) in [5.74, 6) is -1.08. The van der Waals surface area contributed by atoms with Crippen LogP contribution in [0.2, 0.25) is 0 Å². The van der Waals surface area contributed by atoms with Crippen LogP contribution in [0.3, 0.4) is 0 Å². The molecule has 2 aromatic carbocycles. The number of nitrogens with zero attached hydrogens (tertiary/aromatic N) is 1. The Morgan fingerprint density at radius 2 is 1.63 bits per heavy atom. The number of ketones is 1. The third-order valence-electron chi connectivity index (χ3n) is 9.03. The first-order valence-corrected chi connectivity index (χ1v) is 14.2. The van der Waals surface area contributed by atoms with Gasteiger partial charge in [-0.15, -0.1) is 12.4 Å². The van der Waals surface area contributed by atoms with Crippen LogP contribution < -0.4 is 15.2 Å². The first kappa shape index (κ1) is 40.7. The Hall–Kier alpha value is -3.34. The van der Waals surface area contributed by atoms with Gasteiger partial charge >= 0.3 is 11.9 Å². The maximum Gasteiger partial charge on any atom is 0.335 e. The van der Waals surface area contributed by atoms with Crippen LogP contribution in [-0.2, 0) is 26.2 Å². The van der Waals surface area contributed by atoms with Gasteiger partial charge in [0.05, 0.1) is 13.2 Å². The molecule has 2 aromatic rings. The summed E-state index contributed by atoms with van der Waals surface area (Å²) >= 11 is 0. The maximum absolute atomic E-state index is 12.6. The largest absolute Gasteiger partial charge is 0.493 e. The van der Waals surface area contributed by atoms with Crippen LogP contribution in [0.5, 0.6) is 11.5 Å². The van der Waals surface area contributed by atoms with Crippen molar-refractivity contribution in [2.24, 2.45) is 11.7 Å². The molecule has 15 heteroatoms. The number of benzene rings is 2. The lowest BCUT2D eigenvalue weighted by Crippen LogP contribution is -2.65. The quantitative estimate of drug-likeness (QED) is 0.230. The minimum Gasteiger partial charge on any atom is -0.493 e. The van der Waals surface area contributed by atoms with E-state index in [1.54, 1.807) is 14.0 Å². The second-order valence-corrected chi connectivity index (χ2v) is 11.6. The Morgan fingerprint density at radius 1 is 1.04 bits per heavy atom. The molecule has 4 aliphatic rings. The van der Waals surface area contributed by atoms with Gasteiger partial charge in [-0.3, -0.25) is 4.79 Å². The summed E-state index contributed by atoms with van der Waals surface area (Å²) in [6.07, 6.45) is -1.61. The molecule has 2 heterocycles. The number of aliphatic carboxylic acids is 2. The molecule has 1 saturated carbocycles. The number of carboxylic acids is 2. The van der Waals surface area contributed by atoms with E-state index in [9.17, 15) is 19.5 Å². The van der Waals surface area contributed by atoms with Crippen molar-refractivity contribution < 1.29 is 60.3 Å². The maximum atomic E-state index is 12.6. The van der Waals surface area contributed by atoms with Gasteiger partial charge in [0.15, 0.2) is 35.6 Å². The molecule has 2 aliphatic carbocycles. The minimum atomic E-state index is -2.27. The number of aliphatic hydroxyl groups excluding tert-OH is 3. The van der Waals surface area contributed by atoms with E-state index in [1.807, 2.05) is 36.4 Å². The number of likely N-dealkylation sites (N-methyl/N-ethyl adjacent to an activating group) is 1. The molecule has 2 aliphatic heterocycles. The Balaban J connectivity index is 0.000000379. The summed E-state index contributed by atoms with van der Waals surface area (Å²) in [5.41, 5.74) is 8.97. The van der Waals surface area contributed by atoms with Crippen LogP contribution in [0, 0.1) is 5.92 Å². The van der Waals surface area contributed by atoms with Gasteiger partial charge in [0, 0.05) is 29.5 Å². The summed E-state index contributed by atoms with van der Waals surface area (Å²) in [4.78, 5) is 34.7. The van der Waals surface area contributed by atoms with Gasteiger partial charge < -0.3 is 56.6 Å². The first-order valence-electron chi connectivity index (χ1n) is 14.2. The lowest BCUT2D eigenvalue weighted by atomic mass is 9.52. The summed E-state index contributed by atoms with van der Waals surface area (Å²) in [7, 11) is 3.91. The second kappa shape index (κ2) is 16.5. The molecule has 1 spiro atoms. The zero-order valence-electron chi connectivity index (χ0n) is 25.8. The molecule has 1 saturated heterocycles. The molecule has 0 radical (unpaired) electrons. The highest BCUT2D eigenvalue weighted by Crippen LogP contribution is 2.63. The molecule has 46 heavy (non-hydrogen) atoms. The number of halogens is 1. The number of Topliss-reactive ketones (excluding diaryl/α,β-unsaturated/α-hetero) is 1. The molecule has 0 unspecified atom stereocenters. The average Bonchev–Trinajstić information content (AvgIpc) is 3.35. The van der Waals surface area contributed by atoms with E-state index in [0.29, 0.717) is 18.4 Å². The van der Waals surface area contributed by atoms with Crippen molar-refractivity contribution in [1.29, 1.82) is 0 Å². The number of carbonyl (C=O) groups excluding carboxylic acids is 1. The van der Waals surface area contributed by atoms with Crippen LogP contribution in [0.1, 0.15) is 49.0 Å². The molecular weight excluding hydrogens is 628 g/mol. The number of likely N-dealkylation sites (tertiary alicyclic amines) is 1. The molecular formula is C31H45ClN2O12. The normalized spacial score (nSPS) is 25.6. The highest BCUT2D eigenvalue weighted by Gasteiger charge is 2.65. The van der Waals surface area contributed by atoms with Gasteiger partial charge in [-0.25, -0.2) is 9.59 Å². The lowest BCUT2D eigenvalue weighted by molar-refractivity contribution is -0.165. The lowest BCUT2D eigenvalue weighted by Gasteiger charge is -2.57. The Kier molecular flexibility index (Phi) is 14.6. The summed E-state index contributed by atoms with van der Waals surface area (Å²) in [6.45, 7) is 2.84. The molecule has 0 amide bonds. The number of ether oxygens (including phenoxy) is 2. The van der Waals surface area contributed by atoms with Crippen molar-refractivity contribution in [3.63, 3.8) is 0 Å². The number of rotatable bonds is 6. The predicted molar refractivity (Wildman–Crippen MR) is 168 cm³/mol. The van der Waals surface area contributed by atoms with Crippen LogP contribution in [0.4, 0.5) is 0 Å². The number of hydrogen-bond acceptors (Lipinski definition) is 10. The van der Waals surface area contributed by atoms with E-state index < -0.39 is 30.3 Å². The smallest absolute Gasteiger partial charge is 0.335 e. The average molecular weight is 673 g/mol. The molecule has 2 fully saturated rings. The first-order chi connectivity index (χ1) is 20.3. The Labute approximate surface area is 272 Å². The third kappa shape index (κ3) is 7.45. The van der Waals surface area contributed by atoms with E-state index >= 15 is 0 Å². The van der Waals surface area contributed by atoms with Gasteiger partial charge in [-0.05, 0) is 62.9 Å². The summed E-state index contributed by atoms with van der Waals surface area (Å²) < 4.78 is 11.8. The predicted octanol–water partition coefficient (Wildman–Crippen LogP) is -0.350. The number of methoxy groups -OCH3 is 1. The molecule has 0 aromatic heterocycles. The highest BCUT2D eigenvalue weighted by atomic mass is 35.5. The fraction of sp³-hybridized carbons (Fsp3) is 0.516. The van der Waals surface area contributed by atoms with E-state index in [4.69, 9.17) is 35.6 Å². The Morgan fingerprint density at radius 3 is 2.15 bits per heavy atom. The van der Waals surface area contributed by atoms with Crippen molar-refractivity contribution in [3.8, 4) is 11.5 Å². The SMILES string of the molecule is COc1ccc2c3c1O[C@H]1C(=O)CC[C@H]4[C@@H](C2)N(C)CC[C@]314.C[C@@H](N)[C@@H](O)c1ccccc1.Cl.O.O.O=C(O)[C@H](O)[C@@H](O)C(=O)O. The van der Waals surface area contributed by atoms with Gasteiger partial charge in [-0.1, -0.05) is 36.4 Å². The number of nitrogens with two attached hydrogens (primary N) is 1. The molecule has 2 bridgehead atoms. The van der Waals surface area contributed by atoms with Crippen molar-refractivity contribution in [3.05, 3.63) is 59.2 Å². The monoisotopic (exact) mass is 672 g/mol. The van der Waals surface area contributed by atoms with Crippen molar-refractivity contribution in [2.75, 3.05) is 20.7 Å². The fourth-order valence-corrected chi connectivity index (χ4v) is 6.89. The van der Waals surface area contributed by atoms with E-state index in [-0.39, 0.29) is 46.7 Å². The topological polar surface area (TPSA) is 263 Å². The molecule has 11 N–H and O–H groups in total. The highest BCUT2D eigenvalue weighted by molar-refractivity contribution is 5.89. The van der Waals surface area contributed by atoms with Crippen molar-refractivity contribution in [1.82, 2.24) is 4.90 Å². The van der Waals surface area contributed by atoms with Crippen LogP contribution in [-0.4, -0.2) is 110 Å². The summed E-state index contributed by atoms with van der Waals surface area (Å²) in [5, 5.41) is 42.0. The third-order valence-corrected chi connectivity index (χ3v) is 9.03. The zero-order valence-corrected chi connectivity index (χ0v) is 26.6. The van der Waals surface area contributed by atoms with Gasteiger partial charge in [0.1, 0.15) is 0 Å². The van der Waals surface area contributed by atoms with Gasteiger partial charge in [0.25, 0.3) is 0 Å². The van der Waals surface area contributed by atoms with Crippen LogP contribution in [0.25, 0.3) is 0 Å². The van der Waals surface area contributed by atoms with E-state index in [1.165, 1.54) is 11.1 Å². The van der Waals surface area contributed by atoms with E-state index in [2.05, 4.69) is 18.0 Å². The second-order valence-electron chi connectivity index (χ2n) is 11.6. The van der Waals surface area contributed by atoms with E-state index in [0.717, 1.165) is 42.9 Å². The number of carbonyl (C=O) groups is 3.